The normalized spacial score (nSPS) is 11.9. The molecule has 0 bridgehead atoms. The topological polar surface area (TPSA) is 9.86 Å². The molecular formula is C28H18N2S. The lowest BCUT2D eigenvalue weighted by molar-refractivity contribution is 1.17. The molecule has 0 amide bonds. The molecule has 0 N–H and O–H groups in total. The van der Waals surface area contributed by atoms with Gasteiger partial charge in [-0.25, -0.2) is 0 Å². The predicted octanol–water partition coefficient (Wildman–Crippen LogP) is 7.94. The van der Waals surface area contributed by atoms with Gasteiger partial charge in [0.2, 0.25) is 0 Å². The molecule has 0 saturated carbocycles. The van der Waals surface area contributed by atoms with Crippen LogP contribution in [0.2, 0.25) is 0 Å². The van der Waals surface area contributed by atoms with Crippen LogP contribution in [0.5, 0.6) is 0 Å². The van der Waals surface area contributed by atoms with E-state index in [0.717, 1.165) is 0 Å². The number of benzene rings is 4. The Kier molecular flexibility index (Phi) is 3.46. The van der Waals surface area contributed by atoms with E-state index >= 15 is 0 Å². The summed E-state index contributed by atoms with van der Waals surface area (Å²) in [7, 11) is 0. The molecular weight excluding hydrogens is 396 g/mol. The summed E-state index contributed by atoms with van der Waals surface area (Å²) in [5.74, 6) is 0. The maximum Gasteiger partial charge on any atom is 0.101 e. The van der Waals surface area contributed by atoms with Crippen molar-refractivity contribution in [1.82, 2.24) is 9.13 Å². The molecule has 3 heterocycles. The van der Waals surface area contributed by atoms with Gasteiger partial charge in [-0.15, -0.1) is 11.3 Å². The largest absolute Gasteiger partial charge is 0.309 e. The molecule has 4 aromatic carbocycles. The van der Waals surface area contributed by atoms with Crippen LogP contribution in [0, 0.1) is 0 Å². The lowest BCUT2D eigenvalue weighted by Gasteiger charge is -2.08. The molecule has 31 heavy (non-hydrogen) atoms. The first-order chi connectivity index (χ1) is 15.4. The van der Waals surface area contributed by atoms with E-state index in [1.54, 1.807) is 0 Å². The van der Waals surface area contributed by atoms with Gasteiger partial charge >= 0.3 is 0 Å². The summed E-state index contributed by atoms with van der Waals surface area (Å²) >= 11 is 1.84. The Bertz CT molecular complexity index is 1700. The van der Waals surface area contributed by atoms with E-state index < -0.39 is 0 Å². The third kappa shape index (κ3) is 2.44. The number of para-hydroxylation sites is 2. The van der Waals surface area contributed by atoms with Gasteiger partial charge in [-0.3, -0.25) is 0 Å². The van der Waals surface area contributed by atoms with Gasteiger partial charge in [0.15, 0.2) is 0 Å². The second-order valence-electron chi connectivity index (χ2n) is 7.92. The van der Waals surface area contributed by atoms with E-state index in [0.29, 0.717) is 0 Å². The zero-order valence-electron chi connectivity index (χ0n) is 16.7. The highest BCUT2D eigenvalue weighted by molar-refractivity contribution is 7.21. The van der Waals surface area contributed by atoms with Crippen molar-refractivity contribution in [3.05, 3.63) is 109 Å². The molecule has 3 heteroatoms. The second-order valence-corrected chi connectivity index (χ2v) is 8.99. The lowest BCUT2D eigenvalue weighted by Crippen LogP contribution is -1.93. The summed E-state index contributed by atoms with van der Waals surface area (Å²) < 4.78 is 6.02. The van der Waals surface area contributed by atoms with Crippen molar-refractivity contribution in [3.8, 4) is 10.7 Å². The van der Waals surface area contributed by atoms with Crippen molar-refractivity contribution in [2.75, 3.05) is 0 Å². The van der Waals surface area contributed by atoms with E-state index in [1.807, 2.05) is 11.3 Å². The molecule has 0 radical (unpaired) electrons. The van der Waals surface area contributed by atoms with E-state index in [-0.39, 0.29) is 0 Å². The molecule has 7 rings (SSSR count). The van der Waals surface area contributed by atoms with Crippen LogP contribution in [0.25, 0.3) is 53.5 Å². The van der Waals surface area contributed by atoms with Crippen LogP contribution in [0.1, 0.15) is 0 Å². The van der Waals surface area contributed by atoms with E-state index in [2.05, 4.69) is 118 Å². The lowest BCUT2D eigenvalue weighted by atomic mass is 10.1. The average Bonchev–Trinajstić information content (AvgIpc) is 3.51. The first kappa shape index (κ1) is 16.9. The molecule has 0 aliphatic rings. The number of rotatable bonds is 2. The minimum absolute atomic E-state index is 1.19. The molecule has 0 aliphatic carbocycles. The fourth-order valence-corrected chi connectivity index (χ4v) is 5.79. The molecule has 2 nitrogen and oxygen atoms in total. The Labute approximate surface area is 183 Å². The highest BCUT2D eigenvalue weighted by Gasteiger charge is 2.15. The monoisotopic (exact) mass is 414 g/mol. The maximum absolute atomic E-state index is 2.38. The number of thiophene rings is 1. The summed E-state index contributed by atoms with van der Waals surface area (Å²) in [5, 5.41) is 6.37. The predicted molar refractivity (Wildman–Crippen MR) is 133 cm³/mol. The Morgan fingerprint density at radius 3 is 2.26 bits per heavy atom. The number of hydrogen-bond donors (Lipinski definition) is 0. The highest BCUT2D eigenvalue weighted by Crippen LogP contribution is 2.37. The van der Waals surface area contributed by atoms with E-state index in [9.17, 15) is 0 Å². The van der Waals surface area contributed by atoms with Crippen LogP contribution in [-0.2, 0) is 0 Å². The van der Waals surface area contributed by atoms with Crippen LogP contribution < -0.4 is 0 Å². The van der Waals surface area contributed by atoms with Crippen molar-refractivity contribution in [1.29, 1.82) is 0 Å². The van der Waals surface area contributed by atoms with Crippen molar-refractivity contribution < 1.29 is 0 Å². The fraction of sp³-hybridized carbons (Fsp3) is 0. The Morgan fingerprint density at radius 1 is 0.548 bits per heavy atom. The van der Waals surface area contributed by atoms with Gasteiger partial charge < -0.3 is 9.13 Å². The molecule has 0 spiro atoms. The maximum atomic E-state index is 2.38. The summed E-state index contributed by atoms with van der Waals surface area (Å²) in [6.45, 7) is 0. The minimum atomic E-state index is 1.19. The van der Waals surface area contributed by atoms with Crippen LogP contribution in [-0.4, -0.2) is 9.13 Å². The van der Waals surface area contributed by atoms with Crippen molar-refractivity contribution >= 4 is 54.1 Å². The summed E-state index contributed by atoms with van der Waals surface area (Å²) in [6.07, 6.45) is 2.20. The van der Waals surface area contributed by atoms with Gasteiger partial charge in [0, 0.05) is 32.7 Å². The molecule has 7 aromatic rings. The van der Waals surface area contributed by atoms with Gasteiger partial charge in [-0.2, -0.15) is 0 Å². The van der Waals surface area contributed by atoms with E-state index in [1.165, 1.54) is 53.5 Å². The van der Waals surface area contributed by atoms with Crippen LogP contribution in [0.4, 0.5) is 0 Å². The van der Waals surface area contributed by atoms with E-state index in [4.69, 9.17) is 0 Å². The van der Waals surface area contributed by atoms with Crippen LogP contribution >= 0.6 is 11.3 Å². The summed E-state index contributed by atoms with van der Waals surface area (Å²) in [5.41, 5.74) is 4.92. The number of nitrogens with zero attached hydrogens (tertiary/aromatic N) is 2. The highest BCUT2D eigenvalue weighted by atomic mass is 32.1. The van der Waals surface area contributed by atoms with Crippen molar-refractivity contribution in [2.24, 2.45) is 0 Å². The number of aromatic nitrogens is 2. The van der Waals surface area contributed by atoms with Crippen LogP contribution in [0.15, 0.2) is 109 Å². The van der Waals surface area contributed by atoms with Gasteiger partial charge in [0.05, 0.1) is 16.6 Å². The minimum Gasteiger partial charge on any atom is -0.309 e. The molecule has 146 valence electrons. The first-order valence-corrected chi connectivity index (χ1v) is 11.3. The number of fused-ring (bicyclic) bond motifs is 5. The zero-order valence-corrected chi connectivity index (χ0v) is 17.5. The molecule has 0 aliphatic heterocycles. The smallest absolute Gasteiger partial charge is 0.101 e. The third-order valence-corrected chi connectivity index (χ3v) is 7.26. The fourth-order valence-electron chi connectivity index (χ4n) is 4.73. The summed E-state index contributed by atoms with van der Waals surface area (Å²) in [6, 6.07) is 37.1. The SMILES string of the molecule is c1ccc(-n2c3ccccc3c3cc4c(ccn4-c4cc5ccccc5s4)cc32)cc1. The first-order valence-electron chi connectivity index (χ1n) is 10.5. The van der Waals surface area contributed by atoms with Gasteiger partial charge in [0.25, 0.3) is 0 Å². The van der Waals surface area contributed by atoms with Crippen LogP contribution in [0.3, 0.4) is 0 Å². The molecule has 3 aromatic heterocycles. The Morgan fingerprint density at radius 2 is 1.35 bits per heavy atom. The number of hydrogen-bond acceptors (Lipinski definition) is 1. The zero-order chi connectivity index (χ0) is 20.4. The third-order valence-electron chi connectivity index (χ3n) is 6.15. The van der Waals surface area contributed by atoms with Gasteiger partial charge in [-0.05, 0) is 53.9 Å². The Hall–Kier alpha value is -3.82. The molecule has 0 fully saturated rings. The Balaban J connectivity index is 1.56. The quantitative estimate of drug-likeness (QED) is 0.272. The molecule has 0 atom stereocenters. The van der Waals surface area contributed by atoms with Gasteiger partial charge in [-0.1, -0.05) is 54.6 Å². The van der Waals surface area contributed by atoms with Crippen molar-refractivity contribution in [2.45, 2.75) is 0 Å². The molecule has 0 unspecified atom stereocenters. The average molecular weight is 415 g/mol. The standard InChI is InChI=1S/C28H18N2S/c1-2-9-21(10-3-1)30-24-12-6-5-11-22(24)23-18-25-19(16-26(23)30)14-15-29(25)28-17-20-8-4-7-13-27(20)31-28/h1-18H. The van der Waals surface area contributed by atoms with Gasteiger partial charge in [0.1, 0.15) is 5.00 Å². The summed E-state index contributed by atoms with van der Waals surface area (Å²) in [4.78, 5) is 0. The van der Waals surface area contributed by atoms with Crippen molar-refractivity contribution in [3.63, 3.8) is 0 Å². The molecule has 0 saturated heterocycles. The second kappa shape index (κ2) is 6.34.